The molecule has 0 unspecified atom stereocenters. The molecule has 0 heterocycles. The number of nitrogens with one attached hydrogen (secondary N) is 1. The maximum Gasteiger partial charge on any atom is 0.324 e. The molecule has 1 N–H and O–H groups in total. The Bertz CT molecular complexity index is 660. The monoisotopic (exact) mass is 408 g/mol. The minimum Gasteiger partial charge on any atom is -0.462 e. The second-order valence-electron chi connectivity index (χ2n) is 4.89. The first kappa shape index (κ1) is 19.5. The first-order valence-electron chi connectivity index (χ1n) is 6.70. The molecular formula is C13H17BrN2O6S. The number of hydrogen-bond acceptors (Lipinski definition) is 6. The zero-order valence-electron chi connectivity index (χ0n) is 12.6. The number of esters is 1. The molecule has 8 nitrogen and oxygen atoms in total. The predicted octanol–water partition coefficient (Wildman–Crippen LogP) is 1.98. The standard InChI is InChI=1S/C13H17BrN2O6S/c1-9(2)22-13(17)12(7-8-14)15-23(20,21)11-5-3-10(4-6-11)16(18)19/h3-6,9,12,15H,7-8H2,1-2H3/t12-/m1/s1. The van der Waals surface area contributed by atoms with E-state index in [1.807, 2.05) is 0 Å². The van der Waals surface area contributed by atoms with Gasteiger partial charge in [-0.2, -0.15) is 4.72 Å². The predicted molar refractivity (Wildman–Crippen MR) is 86.8 cm³/mol. The van der Waals surface area contributed by atoms with E-state index in [4.69, 9.17) is 4.74 Å². The number of ether oxygens (including phenoxy) is 1. The maximum absolute atomic E-state index is 12.3. The van der Waals surface area contributed by atoms with Crippen LogP contribution in [0, 0.1) is 10.1 Å². The third-order valence-electron chi connectivity index (χ3n) is 2.69. The largest absolute Gasteiger partial charge is 0.462 e. The van der Waals surface area contributed by atoms with Crippen LogP contribution in [-0.4, -0.2) is 36.8 Å². The van der Waals surface area contributed by atoms with E-state index in [2.05, 4.69) is 20.7 Å². The van der Waals surface area contributed by atoms with E-state index in [-0.39, 0.29) is 23.1 Å². The summed E-state index contributed by atoms with van der Waals surface area (Å²) in [6.45, 7) is 3.32. The normalized spacial score (nSPS) is 12.9. The Hall–Kier alpha value is -1.52. The number of nitro groups is 1. The summed E-state index contributed by atoms with van der Waals surface area (Å²) in [7, 11) is -4.00. The number of nitrogens with zero attached hydrogens (tertiary/aromatic N) is 1. The molecule has 23 heavy (non-hydrogen) atoms. The number of hydrogen-bond donors (Lipinski definition) is 1. The molecule has 0 aromatic heterocycles. The lowest BCUT2D eigenvalue weighted by Gasteiger charge is -2.18. The lowest BCUT2D eigenvalue weighted by Crippen LogP contribution is -2.42. The van der Waals surface area contributed by atoms with Crippen molar-refractivity contribution >= 4 is 37.6 Å². The number of carbonyl (C=O) groups excluding carboxylic acids is 1. The molecule has 0 aliphatic carbocycles. The van der Waals surface area contributed by atoms with Crippen molar-refractivity contribution in [2.45, 2.75) is 37.3 Å². The van der Waals surface area contributed by atoms with Crippen LogP contribution < -0.4 is 4.72 Å². The van der Waals surface area contributed by atoms with Crippen LogP contribution in [0.15, 0.2) is 29.2 Å². The highest BCUT2D eigenvalue weighted by Crippen LogP contribution is 2.16. The first-order valence-corrected chi connectivity index (χ1v) is 9.31. The van der Waals surface area contributed by atoms with E-state index in [1.54, 1.807) is 13.8 Å². The lowest BCUT2D eigenvalue weighted by atomic mass is 10.2. The number of halogens is 1. The van der Waals surface area contributed by atoms with Gasteiger partial charge in [-0.05, 0) is 32.4 Å². The summed E-state index contributed by atoms with van der Waals surface area (Å²) in [5, 5.41) is 11.0. The molecule has 0 bridgehead atoms. The second-order valence-corrected chi connectivity index (χ2v) is 7.40. The van der Waals surface area contributed by atoms with E-state index < -0.39 is 27.0 Å². The van der Waals surface area contributed by atoms with Crippen LogP contribution in [0.25, 0.3) is 0 Å². The number of non-ortho nitro benzene ring substituents is 1. The van der Waals surface area contributed by atoms with Crippen molar-refractivity contribution in [3.8, 4) is 0 Å². The summed E-state index contributed by atoms with van der Waals surface area (Å²) >= 11 is 3.16. The molecule has 0 saturated carbocycles. The summed E-state index contributed by atoms with van der Waals surface area (Å²) in [6.07, 6.45) is -0.165. The molecule has 0 fully saturated rings. The summed E-state index contributed by atoms with van der Waals surface area (Å²) in [5.41, 5.74) is -0.222. The van der Waals surface area contributed by atoms with E-state index in [1.165, 1.54) is 0 Å². The number of nitro benzene ring substituents is 1. The van der Waals surface area contributed by atoms with Crippen molar-refractivity contribution in [2.75, 3.05) is 5.33 Å². The van der Waals surface area contributed by atoms with Gasteiger partial charge in [0.25, 0.3) is 5.69 Å². The average molecular weight is 409 g/mol. The molecule has 0 spiro atoms. The Morgan fingerprint density at radius 1 is 1.35 bits per heavy atom. The number of rotatable bonds is 8. The van der Waals surface area contributed by atoms with Gasteiger partial charge in [-0.3, -0.25) is 14.9 Å². The Balaban J connectivity index is 2.96. The molecule has 0 saturated heterocycles. The summed E-state index contributed by atoms with van der Waals surface area (Å²) < 4.78 is 31.9. The molecule has 1 aromatic carbocycles. The molecule has 1 atom stereocenters. The van der Waals surface area contributed by atoms with Crippen molar-refractivity contribution in [2.24, 2.45) is 0 Å². The third kappa shape index (κ3) is 5.88. The van der Waals surface area contributed by atoms with Crippen LogP contribution in [-0.2, 0) is 19.6 Å². The Kier molecular flexibility index (Phi) is 7.10. The van der Waals surface area contributed by atoms with Crippen LogP contribution in [0.5, 0.6) is 0 Å². The molecule has 1 aromatic rings. The summed E-state index contributed by atoms with van der Waals surface area (Å²) in [4.78, 5) is 21.7. The van der Waals surface area contributed by atoms with Crippen molar-refractivity contribution in [3.05, 3.63) is 34.4 Å². The zero-order chi connectivity index (χ0) is 17.6. The number of benzene rings is 1. The van der Waals surface area contributed by atoms with Crippen LogP contribution in [0.3, 0.4) is 0 Å². The zero-order valence-corrected chi connectivity index (χ0v) is 15.0. The van der Waals surface area contributed by atoms with Gasteiger partial charge in [0.1, 0.15) is 6.04 Å². The number of carbonyl (C=O) groups is 1. The fourth-order valence-corrected chi connectivity index (χ4v) is 3.33. The average Bonchev–Trinajstić information content (AvgIpc) is 2.46. The SMILES string of the molecule is CC(C)OC(=O)[C@@H](CCBr)NS(=O)(=O)c1ccc([N+](=O)[O-])cc1. The van der Waals surface area contributed by atoms with Gasteiger partial charge in [0, 0.05) is 17.5 Å². The highest BCUT2D eigenvalue weighted by atomic mass is 79.9. The molecule has 0 radical (unpaired) electrons. The van der Waals surface area contributed by atoms with Gasteiger partial charge in [0.2, 0.25) is 10.0 Å². The van der Waals surface area contributed by atoms with Crippen molar-refractivity contribution in [1.82, 2.24) is 4.72 Å². The molecule has 10 heteroatoms. The second kappa shape index (κ2) is 8.37. The van der Waals surface area contributed by atoms with Crippen molar-refractivity contribution < 1.29 is 22.9 Å². The molecule has 128 valence electrons. The lowest BCUT2D eigenvalue weighted by molar-refractivity contribution is -0.384. The first-order chi connectivity index (χ1) is 10.7. The molecule has 1 rings (SSSR count). The topological polar surface area (TPSA) is 116 Å². The smallest absolute Gasteiger partial charge is 0.324 e. The van der Waals surface area contributed by atoms with Crippen LogP contribution in [0.1, 0.15) is 20.3 Å². The van der Waals surface area contributed by atoms with Crippen LogP contribution in [0.4, 0.5) is 5.69 Å². The molecule has 0 aliphatic rings. The van der Waals surface area contributed by atoms with E-state index in [0.717, 1.165) is 24.3 Å². The van der Waals surface area contributed by atoms with Gasteiger partial charge in [-0.25, -0.2) is 8.42 Å². The molecule has 0 aliphatic heterocycles. The van der Waals surface area contributed by atoms with E-state index in [0.29, 0.717) is 5.33 Å². The third-order valence-corrected chi connectivity index (χ3v) is 4.63. The molecule has 0 amide bonds. The Labute approximate surface area is 142 Å². The quantitative estimate of drug-likeness (QED) is 0.304. The fraction of sp³-hybridized carbons (Fsp3) is 0.462. The minimum atomic E-state index is -4.00. The number of alkyl halides is 1. The molecular weight excluding hydrogens is 392 g/mol. The Morgan fingerprint density at radius 2 is 1.91 bits per heavy atom. The van der Waals surface area contributed by atoms with Crippen LogP contribution >= 0.6 is 15.9 Å². The van der Waals surface area contributed by atoms with Crippen molar-refractivity contribution in [1.29, 1.82) is 0 Å². The van der Waals surface area contributed by atoms with Gasteiger partial charge < -0.3 is 4.74 Å². The van der Waals surface area contributed by atoms with Gasteiger partial charge in [0.05, 0.1) is 15.9 Å². The minimum absolute atomic E-state index is 0.167. The van der Waals surface area contributed by atoms with E-state index in [9.17, 15) is 23.3 Å². The summed E-state index contributed by atoms with van der Waals surface area (Å²) in [6, 6.07) is 3.34. The maximum atomic E-state index is 12.3. The van der Waals surface area contributed by atoms with Gasteiger partial charge in [0.15, 0.2) is 0 Å². The van der Waals surface area contributed by atoms with Crippen molar-refractivity contribution in [3.63, 3.8) is 0 Å². The van der Waals surface area contributed by atoms with Crippen LogP contribution in [0.2, 0.25) is 0 Å². The van der Waals surface area contributed by atoms with Gasteiger partial charge >= 0.3 is 5.97 Å². The Morgan fingerprint density at radius 3 is 2.35 bits per heavy atom. The fourth-order valence-electron chi connectivity index (χ4n) is 1.65. The summed E-state index contributed by atoms with van der Waals surface area (Å²) in [5.74, 6) is -0.676. The van der Waals surface area contributed by atoms with Gasteiger partial charge in [-0.15, -0.1) is 0 Å². The highest BCUT2D eigenvalue weighted by Gasteiger charge is 2.27. The number of sulfonamides is 1. The van der Waals surface area contributed by atoms with E-state index >= 15 is 0 Å². The van der Waals surface area contributed by atoms with Gasteiger partial charge in [-0.1, -0.05) is 15.9 Å². The highest BCUT2D eigenvalue weighted by molar-refractivity contribution is 9.09.